The van der Waals surface area contributed by atoms with Crippen LogP contribution in [0.3, 0.4) is 0 Å². The second kappa shape index (κ2) is 8.33. The Balaban J connectivity index is 1.55. The first-order chi connectivity index (χ1) is 13.6. The van der Waals surface area contributed by atoms with Gasteiger partial charge in [0.05, 0.1) is 18.3 Å². The molecule has 0 atom stereocenters. The van der Waals surface area contributed by atoms with Crippen LogP contribution in [0.25, 0.3) is 16.9 Å². The number of methoxy groups -OCH3 is 1. The molecule has 5 nitrogen and oxygen atoms in total. The number of aromatic nitrogens is 2. The Bertz CT molecular complexity index is 908. The van der Waals surface area contributed by atoms with Gasteiger partial charge in [0, 0.05) is 51.0 Å². The van der Waals surface area contributed by atoms with Crippen LogP contribution in [0.4, 0.5) is 0 Å². The van der Waals surface area contributed by atoms with Crippen LogP contribution in [-0.2, 0) is 6.54 Å². The zero-order valence-corrected chi connectivity index (χ0v) is 17.1. The van der Waals surface area contributed by atoms with Crippen LogP contribution in [0.5, 0.6) is 5.75 Å². The summed E-state index contributed by atoms with van der Waals surface area (Å²) in [4.78, 5) is 10.2. The van der Waals surface area contributed by atoms with E-state index in [-0.39, 0.29) is 0 Å². The van der Waals surface area contributed by atoms with E-state index in [0.29, 0.717) is 0 Å². The van der Waals surface area contributed by atoms with Crippen LogP contribution in [0.2, 0.25) is 0 Å². The molecule has 0 N–H and O–H groups in total. The minimum atomic E-state index is 0.732. The average molecular weight is 379 g/mol. The molecule has 2 aromatic heterocycles. The van der Waals surface area contributed by atoms with E-state index in [4.69, 9.17) is 9.72 Å². The van der Waals surface area contributed by atoms with Crippen LogP contribution >= 0.6 is 0 Å². The minimum absolute atomic E-state index is 0.732. The molecule has 1 aliphatic heterocycles. The van der Waals surface area contributed by atoms with Crippen molar-refractivity contribution in [3.8, 4) is 17.1 Å². The number of fused-ring (bicyclic) bond motifs is 1. The summed E-state index contributed by atoms with van der Waals surface area (Å²) < 4.78 is 7.49. The summed E-state index contributed by atoms with van der Waals surface area (Å²) in [5, 5.41) is 0. The molecular weight excluding hydrogens is 348 g/mol. The lowest BCUT2D eigenvalue weighted by Crippen LogP contribution is -2.46. The number of hydrogen-bond donors (Lipinski definition) is 0. The molecule has 0 radical (unpaired) electrons. The van der Waals surface area contributed by atoms with Crippen molar-refractivity contribution in [1.29, 1.82) is 0 Å². The lowest BCUT2D eigenvalue weighted by molar-refractivity contribution is 0.117. The van der Waals surface area contributed by atoms with Crippen molar-refractivity contribution in [1.82, 2.24) is 19.2 Å². The predicted molar refractivity (Wildman–Crippen MR) is 114 cm³/mol. The number of benzene rings is 1. The van der Waals surface area contributed by atoms with Gasteiger partial charge in [0.1, 0.15) is 11.6 Å². The molecule has 4 rings (SSSR count). The fourth-order valence-electron chi connectivity index (χ4n) is 4.02. The highest BCUT2D eigenvalue weighted by Gasteiger charge is 2.20. The van der Waals surface area contributed by atoms with Crippen LogP contribution in [0, 0.1) is 5.92 Å². The van der Waals surface area contributed by atoms with Gasteiger partial charge in [-0.1, -0.05) is 19.9 Å². The van der Waals surface area contributed by atoms with Crippen molar-refractivity contribution in [3.05, 3.63) is 54.4 Å². The van der Waals surface area contributed by atoms with Gasteiger partial charge in [0.25, 0.3) is 0 Å². The van der Waals surface area contributed by atoms with Gasteiger partial charge in [-0.2, -0.15) is 0 Å². The highest BCUT2D eigenvalue weighted by molar-refractivity contribution is 5.66. The molecule has 1 aliphatic rings. The number of ether oxygens (including phenoxy) is 1. The largest absolute Gasteiger partial charge is 0.497 e. The number of imidazole rings is 1. The first kappa shape index (κ1) is 19.0. The quantitative estimate of drug-likeness (QED) is 0.653. The van der Waals surface area contributed by atoms with Crippen molar-refractivity contribution < 1.29 is 4.74 Å². The maximum atomic E-state index is 5.29. The Morgan fingerprint density at radius 3 is 2.36 bits per heavy atom. The zero-order chi connectivity index (χ0) is 19.5. The molecule has 3 aromatic rings. The Morgan fingerprint density at radius 1 is 0.964 bits per heavy atom. The SMILES string of the molecule is COc1ccc(-c2nc(CN3CCN(CC(C)C)CC3)c3ccccn23)cc1. The molecule has 0 unspecified atom stereocenters. The van der Waals surface area contributed by atoms with Crippen molar-refractivity contribution in [2.24, 2.45) is 5.92 Å². The van der Waals surface area contributed by atoms with Crippen LogP contribution in [0.1, 0.15) is 19.5 Å². The average Bonchev–Trinajstić information content (AvgIpc) is 3.08. The second-order valence-electron chi connectivity index (χ2n) is 8.04. The molecule has 0 saturated carbocycles. The van der Waals surface area contributed by atoms with E-state index in [0.717, 1.165) is 61.5 Å². The summed E-state index contributed by atoms with van der Waals surface area (Å²) in [7, 11) is 1.69. The van der Waals surface area contributed by atoms with Crippen molar-refractivity contribution in [3.63, 3.8) is 0 Å². The van der Waals surface area contributed by atoms with Gasteiger partial charge in [-0.15, -0.1) is 0 Å². The molecule has 0 spiro atoms. The van der Waals surface area contributed by atoms with E-state index in [1.165, 1.54) is 12.1 Å². The Morgan fingerprint density at radius 2 is 1.68 bits per heavy atom. The summed E-state index contributed by atoms with van der Waals surface area (Å²) in [6.45, 7) is 11.2. The number of rotatable bonds is 6. The Kier molecular flexibility index (Phi) is 5.64. The summed E-state index contributed by atoms with van der Waals surface area (Å²) in [6, 6.07) is 14.5. The Labute approximate surface area is 167 Å². The molecule has 5 heteroatoms. The zero-order valence-electron chi connectivity index (χ0n) is 17.1. The van der Waals surface area contributed by atoms with Gasteiger partial charge in [-0.05, 0) is 42.3 Å². The lowest BCUT2D eigenvalue weighted by Gasteiger charge is -2.35. The van der Waals surface area contributed by atoms with E-state index in [2.05, 4.69) is 64.6 Å². The summed E-state index contributed by atoms with van der Waals surface area (Å²) >= 11 is 0. The fraction of sp³-hybridized carbons (Fsp3) is 0.435. The topological polar surface area (TPSA) is 33.0 Å². The third kappa shape index (κ3) is 4.05. The van der Waals surface area contributed by atoms with Crippen LogP contribution < -0.4 is 4.74 Å². The van der Waals surface area contributed by atoms with Crippen LogP contribution in [-0.4, -0.2) is 59.0 Å². The molecule has 148 valence electrons. The number of piperazine rings is 1. The molecule has 1 aromatic carbocycles. The van der Waals surface area contributed by atoms with Gasteiger partial charge in [0.2, 0.25) is 0 Å². The van der Waals surface area contributed by atoms with E-state index in [1.807, 2.05) is 12.1 Å². The van der Waals surface area contributed by atoms with Gasteiger partial charge in [-0.3, -0.25) is 9.30 Å². The summed E-state index contributed by atoms with van der Waals surface area (Å²) in [6.07, 6.45) is 2.10. The first-order valence-corrected chi connectivity index (χ1v) is 10.2. The number of pyridine rings is 1. The number of hydrogen-bond acceptors (Lipinski definition) is 4. The molecule has 3 heterocycles. The molecule has 0 bridgehead atoms. The van der Waals surface area contributed by atoms with Crippen molar-refractivity contribution in [2.75, 3.05) is 39.8 Å². The first-order valence-electron chi connectivity index (χ1n) is 10.2. The second-order valence-corrected chi connectivity index (χ2v) is 8.04. The molecular formula is C23H30N4O. The monoisotopic (exact) mass is 378 g/mol. The number of nitrogens with zero attached hydrogens (tertiary/aromatic N) is 4. The third-order valence-electron chi connectivity index (χ3n) is 5.43. The maximum absolute atomic E-state index is 5.29. The van der Waals surface area contributed by atoms with E-state index in [1.54, 1.807) is 7.11 Å². The van der Waals surface area contributed by atoms with Crippen LogP contribution in [0.15, 0.2) is 48.7 Å². The highest BCUT2D eigenvalue weighted by atomic mass is 16.5. The maximum Gasteiger partial charge on any atom is 0.144 e. The molecule has 1 saturated heterocycles. The highest BCUT2D eigenvalue weighted by Crippen LogP contribution is 2.25. The van der Waals surface area contributed by atoms with E-state index >= 15 is 0 Å². The van der Waals surface area contributed by atoms with Gasteiger partial charge in [0.15, 0.2) is 0 Å². The van der Waals surface area contributed by atoms with Gasteiger partial charge in [-0.25, -0.2) is 4.98 Å². The standard InChI is InChI=1S/C23H30N4O/c1-18(2)16-25-12-14-26(15-13-25)17-21-22-6-4-5-11-27(22)23(24-21)19-7-9-20(28-3)10-8-19/h4-11,18H,12-17H2,1-3H3. The normalized spacial score (nSPS) is 16.1. The van der Waals surface area contributed by atoms with Gasteiger partial charge >= 0.3 is 0 Å². The predicted octanol–water partition coefficient (Wildman–Crippen LogP) is 3.78. The minimum Gasteiger partial charge on any atom is -0.497 e. The smallest absolute Gasteiger partial charge is 0.144 e. The van der Waals surface area contributed by atoms with Crippen molar-refractivity contribution in [2.45, 2.75) is 20.4 Å². The molecule has 0 aliphatic carbocycles. The van der Waals surface area contributed by atoms with Crippen molar-refractivity contribution >= 4 is 5.52 Å². The van der Waals surface area contributed by atoms with E-state index in [9.17, 15) is 0 Å². The third-order valence-corrected chi connectivity index (χ3v) is 5.43. The molecule has 1 fully saturated rings. The Hall–Kier alpha value is -2.37. The summed E-state index contributed by atoms with van der Waals surface area (Å²) in [5.41, 5.74) is 3.46. The van der Waals surface area contributed by atoms with E-state index < -0.39 is 0 Å². The van der Waals surface area contributed by atoms with Gasteiger partial charge < -0.3 is 9.64 Å². The lowest BCUT2D eigenvalue weighted by atomic mass is 10.2. The molecule has 28 heavy (non-hydrogen) atoms. The summed E-state index contributed by atoms with van der Waals surface area (Å²) in [5.74, 6) is 2.59. The fourth-order valence-corrected chi connectivity index (χ4v) is 4.02. The molecule has 0 amide bonds.